The average molecular weight is 347 g/mol. The van der Waals surface area contributed by atoms with Crippen molar-refractivity contribution in [3.63, 3.8) is 0 Å². The Labute approximate surface area is 148 Å². The molecule has 2 fully saturated rings. The first-order valence-corrected chi connectivity index (χ1v) is 8.90. The van der Waals surface area contributed by atoms with Gasteiger partial charge in [0.05, 0.1) is 31.7 Å². The number of benzene rings is 1. The summed E-state index contributed by atoms with van der Waals surface area (Å²) < 4.78 is 16.3. The number of nitrogens with zero attached hydrogens (tertiary/aromatic N) is 1. The zero-order valence-electron chi connectivity index (χ0n) is 14.4. The van der Waals surface area contributed by atoms with Gasteiger partial charge in [-0.3, -0.25) is 9.59 Å². The first-order valence-electron chi connectivity index (χ1n) is 8.90. The number of rotatable bonds is 8. The van der Waals surface area contributed by atoms with Crippen LogP contribution >= 0.6 is 0 Å². The Balaban J connectivity index is 1.26. The summed E-state index contributed by atoms with van der Waals surface area (Å²) in [6, 6.07) is 9.58. The molecule has 0 spiro atoms. The van der Waals surface area contributed by atoms with Crippen LogP contribution in [0, 0.1) is 5.92 Å². The van der Waals surface area contributed by atoms with Crippen molar-refractivity contribution in [2.45, 2.75) is 32.0 Å². The fourth-order valence-electron chi connectivity index (χ4n) is 2.99. The molecular weight excluding hydrogens is 322 g/mol. The molecule has 2 heterocycles. The van der Waals surface area contributed by atoms with E-state index in [-0.39, 0.29) is 30.5 Å². The van der Waals surface area contributed by atoms with Gasteiger partial charge in [0.15, 0.2) is 0 Å². The summed E-state index contributed by atoms with van der Waals surface area (Å²) in [7, 11) is 0. The highest BCUT2D eigenvalue weighted by atomic mass is 16.5. The molecule has 2 saturated heterocycles. The van der Waals surface area contributed by atoms with Crippen molar-refractivity contribution >= 4 is 11.9 Å². The largest absolute Gasteiger partial charge is 0.460 e. The number of esters is 1. The van der Waals surface area contributed by atoms with E-state index in [4.69, 9.17) is 14.2 Å². The molecule has 1 aromatic carbocycles. The first kappa shape index (κ1) is 17.9. The van der Waals surface area contributed by atoms with Crippen molar-refractivity contribution in [2.24, 2.45) is 5.92 Å². The molecule has 2 aliphatic rings. The van der Waals surface area contributed by atoms with Crippen molar-refractivity contribution in [2.75, 3.05) is 32.9 Å². The van der Waals surface area contributed by atoms with Crippen LogP contribution in [0.3, 0.4) is 0 Å². The molecule has 0 aromatic heterocycles. The predicted octanol–water partition coefficient (Wildman–Crippen LogP) is 1.77. The van der Waals surface area contributed by atoms with Gasteiger partial charge < -0.3 is 19.1 Å². The molecule has 6 nitrogen and oxygen atoms in total. The van der Waals surface area contributed by atoms with Gasteiger partial charge in [-0.25, -0.2) is 0 Å². The Morgan fingerprint density at radius 3 is 2.72 bits per heavy atom. The standard InChI is InChI=1S/C19H25NO5/c21-18(8-10-23-14-17-7-4-9-24-17)20-11-16(12-20)19(22)25-13-15-5-2-1-3-6-15/h1-3,5-6,16-17H,4,7-14H2/t17-/m0/s1. The van der Waals surface area contributed by atoms with E-state index in [0.717, 1.165) is 25.0 Å². The maximum atomic E-state index is 12.0. The van der Waals surface area contributed by atoms with E-state index < -0.39 is 0 Å². The highest BCUT2D eigenvalue weighted by Gasteiger charge is 2.36. The second-order valence-corrected chi connectivity index (χ2v) is 6.55. The summed E-state index contributed by atoms with van der Waals surface area (Å²) in [5.41, 5.74) is 0.964. The van der Waals surface area contributed by atoms with Gasteiger partial charge in [0.1, 0.15) is 6.61 Å². The highest BCUT2D eigenvalue weighted by Crippen LogP contribution is 2.19. The second-order valence-electron chi connectivity index (χ2n) is 6.55. The number of carbonyl (C=O) groups is 2. The van der Waals surface area contributed by atoms with E-state index >= 15 is 0 Å². The van der Waals surface area contributed by atoms with Crippen molar-refractivity contribution in [1.82, 2.24) is 4.90 Å². The van der Waals surface area contributed by atoms with Gasteiger partial charge in [-0.1, -0.05) is 30.3 Å². The fraction of sp³-hybridized carbons (Fsp3) is 0.579. The summed E-state index contributed by atoms with van der Waals surface area (Å²) in [6.07, 6.45) is 2.65. The quantitative estimate of drug-likeness (QED) is 0.530. The van der Waals surface area contributed by atoms with Crippen molar-refractivity contribution in [3.05, 3.63) is 35.9 Å². The molecule has 3 rings (SSSR count). The third-order valence-corrected chi connectivity index (χ3v) is 4.58. The average Bonchev–Trinajstić information content (AvgIpc) is 3.10. The lowest BCUT2D eigenvalue weighted by molar-refractivity contribution is -0.159. The highest BCUT2D eigenvalue weighted by molar-refractivity contribution is 5.81. The van der Waals surface area contributed by atoms with Gasteiger partial charge >= 0.3 is 5.97 Å². The number of likely N-dealkylation sites (tertiary alicyclic amines) is 1. The van der Waals surface area contributed by atoms with Gasteiger partial charge in [-0.05, 0) is 18.4 Å². The van der Waals surface area contributed by atoms with E-state index in [1.165, 1.54) is 0 Å². The van der Waals surface area contributed by atoms with Gasteiger partial charge in [0.2, 0.25) is 5.91 Å². The molecule has 2 aliphatic heterocycles. The number of ether oxygens (including phenoxy) is 3. The van der Waals surface area contributed by atoms with Gasteiger partial charge in [-0.15, -0.1) is 0 Å². The molecule has 0 N–H and O–H groups in total. The Morgan fingerprint density at radius 1 is 1.20 bits per heavy atom. The Kier molecular flexibility index (Phi) is 6.42. The summed E-state index contributed by atoms with van der Waals surface area (Å²) in [6.45, 7) is 2.93. The van der Waals surface area contributed by atoms with Crippen LogP contribution in [0.5, 0.6) is 0 Å². The Hall–Kier alpha value is -1.92. The Bertz CT molecular complexity index is 564. The van der Waals surface area contributed by atoms with Gasteiger partial charge in [0, 0.05) is 19.7 Å². The minimum atomic E-state index is -0.234. The molecule has 0 bridgehead atoms. The van der Waals surface area contributed by atoms with Crippen LogP contribution in [0.1, 0.15) is 24.8 Å². The molecule has 0 radical (unpaired) electrons. The SMILES string of the molecule is O=C(OCc1ccccc1)C1CN(C(=O)CCOC[C@@H]2CCCO2)C1. The minimum Gasteiger partial charge on any atom is -0.460 e. The van der Waals surface area contributed by atoms with E-state index in [1.54, 1.807) is 4.90 Å². The molecule has 6 heteroatoms. The monoisotopic (exact) mass is 347 g/mol. The summed E-state index contributed by atoms with van der Waals surface area (Å²) in [5.74, 6) is -0.414. The predicted molar refractivity (Wildman–Crippen MR) is 90.7 cm³/mol. The summed E-state index contributed by atoms with van der Waals surface area (Å²) in [4.78, 5) is 25.7. The lowest BCUT2D eigenvalue weighted by Crippen LogP contribution is -2.53. The third-order valence-electron chi connectivity index (χ3n) is 4.58. The smallest absolute Gasteiger partial charge is 0.312 e. The number of hydrogen-bond acceptors (Lipinski definition) is 5. The molecular formula is C19H25NO5. The molecule has 0 saturated carbocycles. The van der Waals surface area contributed by atoms with Crippen LogP contribution in [0.15, 0.2) is 30.3 Å². The molecule has 1 aromatic rings. The van der Waals surface area contributed by atoms with E-state index in [0.29, 0.717) is 32.7 Å². The van der Waals surface area contributed by atoms with Crippen molar-refractivity contribution in [3.8, 4) is 0 Å². The van der Waals surface area contributed by atoms with Crippen LogP contribution in [0.25, 0.3) is 0 Å². The van der Waals surface area contributed by atoms with Crippen molar-refractivity contribution in [1.29, 1.82) is 0 Å². The van der Waals surface area contributed by atoms with E-state index in [1.807, 2.05) is 30.3 Å². The maximum Gasteiger partial charge on any atom is 0.312 e. The molecule has 25 heavy (non-hydrogen) atoms. The second kappa shape index (κ2) is 8.97. The number of amides is 1. The molecule has 0 unspecified atom stereocenters. The molecule has 136 valence electrons. The lowest BCUT2D eigenvalue weighted by atomic mass is 10.00. The molecule has 0 aliphatic carbocycles. The zero-order chi connectivity index (χ0) is 17.5. The van der Waals surface area contributed by atoms with E-state index in [2.05, 4.69) is 0 Å². The fourth-order valence-corrected chi connectivity index (χ4v) is 2.99. The summed E-state index contributed by atoms with van der Waals surface area (Å²) >= 11 is 0. The topological polar surface area (TPSA) is 65.1 Å². The third kappa shape index (κ3) is 5.28. The maximum absolute atomic E-state index is 12.0. The number of hydrogen-bond donors (Lipinski definition) is 0. The minimum absolute atomic E-state index is 0.0273. The van der Waals surface area contributed by atoms with E-state index in [9.17, 15) is 9.59 Å². The normalized spacial score (nSPS) is 20.3. The number of carbonyl (C=O) groups excluding carboxylic acids is 2. The van der Waals surface area contributed by atoms with Crippen LogP contribution in [0.2, 0.25) is 0 Å². The molecule has 1 atom stereocenters. The van der Waals surface area contributed by atoms with Crippen molar-refractivity contribution < 1.29 is 23.8 Å². The van der Waals surface area contributed by atoms with Crippen LogP contribution in [0.4, 0.5) is 0 Å². The molecule has 1 amide bonds. The summed E-state index contributed by atoms with van der Waals surface area (Å²) in [5, 5.41) is 0. The van der Waals surface area contributed by atoms with Crippen LogP contribution in [-0.2, 0) is 30.4 Å². The van der Waals surface area contributed by atoms with Gasteiger partial charge in [-0.2, -0.15) is 0 Å². The van der Waals surface area contributed by atoms with Gasteiger partial charge in [0.25, 0.3) is 0 Å². The lowest BCUT2D eigenvalue weighted by Gasteiger charge is -2.37. The van der Waals surface area contributed by atoms with Crippen LogP contribution in [-0.4, -0.2) is 55.8 Å². The van der Waals surface area contributed by atoms with Crippen LogP contribution < -0.4 is 0 Å². The Morgan fingerprint density at radius 2 is 2.00 bits per heavy atom. The first-order chi connectivity index (χ1) is 12.2. The zero-order valence-corrected chi connectivity index (χ0v) is 14.4.